The van der Waals surface area contributed by atoms with Gasteiger partial charge >= 0.3 is 0 Å². The summed E-state index contributed by atoms with van der Waals surface area (Å²) in [5.74, 6) is 2.90. The Labute approximate surface area is 164 Å². The van der Waals surface area contributed by atoms with Gasteiger partial charge in [0.05, 0.1) is 12.4 Å². The van der Waals surface area contributed by atoms with Gasteiger partial charge in [-0.25, -0.2) is 9.97 Å². The number of para-hydroxylation sites is 1. The van der Waals surface area contributed by atoms with Crippen LogP contribution in [0.1, 0.15) is 17.9 Å². The smallest absolute Gasteiger partial charge is 0.228 e. The van der Waals surface area contributed by atoms with Gasteiger partial charge in [0, 0.05) is 55.0 Å². The van der Waals surface area contributed by atoms with Crippen LogP contribution in [0, 0.1) is 13.8 Å². The summed E-state index contributed by atoms with van der Waals surface area (Å²) in [7, 11) is 0. The molecule has 3 heterocycles. The first-order valence-corrected chi connectivity index (χ1v) is 10.4. The van der Waals surface area contributed by atoms with E-state index in [-0.39, 0.29) is 5.91 Å². The van der Waals surface area contributed by atoms with Crippen LogP contribution >= 0.6 is 11.8 Å². The van der Waals surface area contributed by atoms with Crippen LogP contribution in [0.5, 0.6) is 0 Å². The molecule has 0 aliphatic carbocycles. The molecule has 1 fully saturated rings. The molecule has 0 unspecified atom stereocenters. The summed E-state index contributed by atoms with van der Waals surface area (Å²) < 4.78 is 0. The van der Waals surface area contributed by atoms with Crippen molar-refractivity contribution in [3.63, 3.8) is 0 Å². The van der Waals surface area contributed by atoms with Gasteiger partial charge in [-0.05, 0) is 26.0 Å². The number of nitrogens with zero attached hydrogens (tertiary/aromatic N) is 5. The van der Waals surface area contributed by atoms with Crippen molar-refractivity contribution in [1.82, 2.24) is 14.9 Å². The lowest BCUT2D eigenvalue weighted by Crippen LogP contribution is -2.51. The number of thioether (sulfide) groups is 1. The van der Waals surface area contributed by atoms with E-state index in [4.69, 9.17) is 0 Å². The molecule has 2 aliphatic rings. The lowest BCUT2D eigenvalue weighted by atomic mass is 10.2. The monoisotopic (exact) mass is 383 g/mol. The Morgan fingerprint density at radius 1 is 1.07 bits per heavy atom. The lowest BCUT2D eigenvalue weighted by molar-refractivity contribution is -0.118. The Kier molecular flexibility index (Phi) is 5.31. The Hall–Kier alpha value is -2.12. The molecule has 0 bridgehead atoms. The molecule has 1 aromatic heterocycles. The third-order valence-electron chi connectivity index (χ3n) is 5.02. The predicted molar refractivity (Wildman–Crippen MR) is 109 cm³/mol. The molecular formula is C20H25N5OS. The molecule has 0 radical (unpaired) electrons. The van der Waals surface area contributed by atoms with Crippen LogP contribution < -0.4 is 9.80 Å². The lowest BCUT2D eigenvalue weighted by Gasteiger charge is -2.38. The molecule has 1 amide bonds. The molecule has 142 valence electrons. The van der Waals surface area contributed by atoms with Crippen LogP contribution in [-0.2, 0) is 4.79 Å². The SMILES string of the molecule is Cc1cc(N2CCN(CN3C(=O)CCSc4ccccc43)CC2)nc(C)n1. The van der Waals surface area contributed by atoms with Crippen molar-refractivity contribution in [2.24, 2.45) is 0 Å². The summed E-state index contributed by atoms with van der Waals surface area (Å²) in [6, 6.07) is 10.3. The number of amides is 1. The fourth-order valence-corrected chi connectivity index (χ4v) is 4.65. The average molecular weight is 384 g/mol. The zero-order valence-corrected chi connectivity index (χ0v) is 16.7. The molecule has 0 atom stereocenters. The van der Waals surface area contributed by atoms with E-state index in [1.165, 1.54) is 4.90 Å². The van der Waals surface area contributed by atoms with Gasteiger partial charge in [-0.1, -0.05) is 12.1 Å². The number of hydrogen-bond donors (Lipinski definition) is 0. The highest BCUT2D eigenvalue weighted by atomic mass is 32.2. The fourth-order valence-electron chi connectivity index (χ4n) is 3.65. The number of piperazine rings is 1. The second-order valence-electron chi connectivity index (χ2n) is 7.05. The third kappa shape index (κ3) is 4.09. The molecule has 6 nitrogen and oxygen atoms in total. The molecule has 1 saturated heterocycles. The third-order valence-corrected chi connectivity index (χ3v) is 6.09. The largest absolute Gasteiger partial charge is 0.354 e. The van der Waals surface area contributed by atoms with Crippen LogP contribution in [-0.4, -0.2) is 59.4 Å². The summed E-state index contributed by atoms with van der Waals surface area (Å²) in [6.45, 7) is 8.26. The van der Waals surface area contributed by atoms with Gasteiger partial charge in [-0.2, -0.15) is 0 Å². The summed E-state index contributed by atoms with van der Waals surface area (Å²) in [4.78, 5) is 29.5. The van der Waals surface area contributed by atoms with Crippen LogP contribution in [0.25, 0.3) is 0 Å². The van der Waals surface area contributed by atoms with Crippen LogP contribution in [0.4, 0.5) is 11.5 Å². The van der Waals surface area contributed by atoms with E-state index in [1.54, 1.807) is 11.8 Å². The van der Waals surface area contributed by atoms with Gasteiger partial charge in [0.1, 0.15) is 11.6 Å². The second kappa shape index (κ2) is 7.86. The Morgan fingerprint density at radius 2 is 1.85 bits per heavy atom. The molecule has 0 saturated carbocycles. The maximum atomic E-state index is 12.7. The first kappa shape index (κ1) is 18.3. The standard InChI is InChI=1S/C20H25N5OS/c1-15-13-19(22-16(2)21-15)24-10-8-23(9-11-24)14-25-17-5-3-4-6-18(17)27-12-7-20(25)26/h3-6,13H,7-12,14H2,1-2H3. The van der Waals surface area contributed by atoms with Gasteiger partial charge in [-0.3, -0.25) is 14.6 Å². The quantitative estimate of drug-likeness (QED) is 0.812. The van der Waals surface area contributed by atoms with E-state index in [0.29, 0.717) is 13.1 Å². The maximum Gasteiger partial charge on any atom is 0.228 e. The Morgan fingerprint density at radius 3 is 2.63 bits per heavy atom. The van der Waals surface area contributed by atoms with Crippen molar-refractivity contribution in [3.8, 4) is 0 Å². The summed E-state index contributed by atoms with van der Waals surface area (Å²) in [6.07, 6.45) is 0.596. The number of hydrogen-bond acceptors (Lipinski definition) is 6. The zero-order valence-electron chi connectivity index (χ0n) is 15.9. The van der Waals surface area contributed by atoms with Crippen molar-refractivity contribution in [1.29, 1.82) is 0 Å². The molecule has 2 aromatic rings. The van der Waals surface area contributed by atoms with Crippen LogP contribution in [0.15, 0.2) is 35.2 Å². The number of carbonyl (C=O) groups is 1. The molecule has 1 aromatic carbocycles. The molecule has 2 aliphatic heterocycles. The normalized spacial score (nSPS) is 18.4. The summed E-state index contributed by atoms with van der Waals surface area (Å²) in [5, 5.41) is 0. The first-order chi connectivity index (χ1) is 13.1. The number of carbonyl (C=O) groups excluding carboxylic acids is 1. The highest BCUT2D eigenvalue weighted by Crippen LogP contribution is 2.34. The summed E-state index contributed by atoms with van der Waals surface area (Å²) >= 11 is 1.78. The van der Waals surface area contributed by atoms with E-state index in [2.05, 4.69) is 38.0 Å². The minimum atomic E-state index is 0.219. The van der Waals surface area contributed by atoms with Crippen molar-refractivity contribution < 1.29 is 4.79 Å². The Bertz CT molecular complexity index is 815. The number of benzene rings is 1. The second-order valence-corrected chi connectivity index (χ2v) is 8.19. The minimum Gasteiger partial charge on any atom is -0.354 e. The molecule has 7 heteroatoms. The van der Waals surface area contributed by atoms with Crippen molar-refractivity contribution in [2.75, 3.05) is 48.4 Å². The minimum absolute atomic E-state index is 0.219. The number of aryl methyl sites for hydroxylation is 2. The first-order valence-electron chi connectivity index (χ1n) is 9.42. The number of anilines is 2. The molecule has 4 rings (SSSR count). The zero-order chi connectivity index (χ0) is 18.8. The van der Waals surface area contributed by atoms with Crippen LogP contribution in [0.2, 0.25) is 0 Å². The van der Waals surface area contributed by atoms with E-state index >= 15 is 0 Å². The van der Waals surface area contributed by atoms with Gasteiger partial charge in [0.15, 0.2) is 0 Å². The van der Waals surface area contributed by atoms with Crippen molar-refractivity contribution >= 4 is 29.2 Å². The molecule has 27 heavy (non-hydrogen) atoms. The van der Waals surface area contributed by atoms with E-state index in [1.807, 2.05) is 30.9 Å². The van der Waals surface area contributed by atoms with Gasteiger partial charge < -0.3 is 4.90 Å². The number of rotatable bonds is 3. The Balaban J connectivity index is 1.44. The van der Waals surface area contributed by atoms with E-state index in [9.17, 15) is 4.79 Å². The fraction of sp³-hybridized carbons (Fsp3) is 0.450. The van der Waals surface area contributed by atoms with Gasteiger partial charge in [-0.15, -0.1) is 11.8 Å². The van der Waals surface area contributed by atoms with Gasteiger partial charge in [0.25, 0.3) is 0 Å². The topological polar surface area (TPSA) is 52.6 Å². The van der Waals surface area contributed by atoms with E-state index in [0.717, 1.165) is 55.0 Å². The van der Waals surface area contributed by atoms with Gasteiger partial charge in [0.2, 0.25) is 5.91 Å². The molecule has 0 spiro atoms. The molecule has 0 N–H and O–H groups in total. The van der Waals surface area contributed by atoms with Crippen LogP contribution in [0.3, 0.4) is 0 Å². The predicted octanol–water partition coefficient (Wildman–Crippen LogP) is 2.70. The van der Waals surface area contributed by atoms with E-state index < -0.39 is 0 Å². The average Bonchev–Trinajstić information content (AvgIpc) is 2.81. The molecular weight excluding hydrogens is 358 g/mol. The maximum absolute atomic E-state index is 12.7. The number of fused-ring (bicyclic) bond motifs is 1. The summed E-state index contributed by atoms with van der Waals surface area (Å²) in [5.41, 5.74) is 2.05. The highest BCUT2D eigenvalue weighted by Gasteiger charge is 2.26. The highest BCUT2D eigenvalue weighted by molar-refractivity contribution is 7.99. The van der Waals surface area contributed by atoms with Crippen molar-refractivity contribution in [2.45, 2.75) is 25.2 Å². The number of aromatic nitrogens is 2. The van der Waals surface area contributed by atoms with Crippen molar-refractivity contribution in [3.05, 3.63) is 41.9 Å².